The standard InChI is InChI=1S/C25H20N2O4/c1-13-10-18-19(11-14(13)2)31-24-21(23(18)29)22(16-7-5-8-17(28)12-16)27(25(24)30)20-9-4-6-15(3)26-20/h4-12,22,28H,1-3H3. The Bertz CT molecular complexity index is 1440. The van der Waals surface area contributed by atoms with Crippen molar-refractivity contribution >= 4 is 22.7 Å². The summed E-state index contributed by atoms with van der Waals surface area (Å²) < 4.78 is 6.02. The number of hydrogen-bond acceptors (Lipinski definition) is 5. The normalized spacial score (nSPS) is 15.5. The number of rotatable bonds is 2. The lowest BCUT2D eigenvalue weighted by molar-refractivity contribution is 0.0970. The molecule has 0 spiro atoms. The van der Waals surface area contributed by atoms with Crippen molar-refractivity contribution in [2.75, 3.05) is 4.90 Å². The number of aromatic nitrogens is 1. The summed E-state index contributed by atoms with van der Waals surface area (Å²) in [5.41, 5.74) is 3.68. The minimum atomic E-state index is -0.758. The van der Waals surface area contributed by atoms with Crippen LogP contribution in [0.15, 0.2) is 63.8 Å². The van der Waals surface area contributed by atoms with Crippen molar-refractivity contribution < 1.29 is 14.3 Å². The topological polar surface area (TPSA) is 83.6 Å². The lowest BCUT2D eigenvalue weighted by Gasteiger charge is -2.24. The molecule has 0 saturated heterocycles. The summed E-state index contributed by atoms with van der Waals surface area (Å²) in [7, 11) is 0. The number of phenols is 1. The number of hydrogen-bond donors (Lipinski definition) is 1. The van der Waals surface area contributed by atoms with Gasteiger partial charge in [0.15, 0.2) is 5.43 Å². The Morgan fingerprint density at radius 2 is 1.71 bits per heavy atom. The molecular weight excluding hydrogens is 392 g/mol. The highest BCUT2D eigenvalue weighted by atomic mass is 16.3. The molecule has 1 amide bonds. The van der Waals surface area contributed by atoms with Crippen LogP contribution in [0.2, 0.25) is 0 Å². The molecule has 0 saturated carbocycles. The van der Waals surface area contributed by atoms with E-state index in [0.29, 0.717) is 22.4 Å². The van der Waals surface area contributed by atoms with Gasteiger partial charge < -0.3 is 9.52 Å². The molecule has 2 aromatic carbocycles. The fraction of sp³-hybridized carbons (Fsp3) is 0.160. The second kappa shape index (κ2) is 6.80. The number of anilines is 1. The SMILES string of the molecule is Cc1cccc(N2C(=O)c3oc4cc(C)c(C)cc4c(=O)c3C2c2cccc(O)c2)n1. The third-order valence-electron chi connectivity index (χ3n) is 5.79. The zero-order valence-electron chi connectivity index (χ0n) is 17.3. The molecule has 1 N–H and O–H groups in total. The summed E-state index contributed by atoms with van der Waals surface area (Å²) in [6.07, 6.45) is 0. The molecule has 0 bridgehead atoms. The summed E-state index contributed by atoms with van der Waals surface area (Å²) in [5, 5.41) is 10.5. The van der Waals surface area contributed by atoms with Gasteiger partial charge in [0, 0.05) is 5.69 Å². The Hall–Kier alpha value is -3.93. The van der Waals surface area contributed by atoms with Gasteiger partial charge in [-0.05, 0) is 73.9 Å². The Kier molecular flexibility index (Phi) is 4.18. The predicted octanol–water partition coefficient (Wildman–Crippen LogP) is 4.57. The highest BCUT2D eigenvalue weighted by Crippen LogP contribution is 2.41. The van der Waals surface area contributed by atoms with Gasteiger partial charge in [0.05, 0.1) is 17.0 Å². The molecular formula is C25H20N2O4. The lowest BCUT2D eigenvalue weighted by Crippen LogP contribution is -2.30. The number of amides is 1. The first-order chi connectivity index (χ1) is 14.8. The molecule has 3 heterocycles. The summed E-state index contributed by atoms with van der Waals surface area (Å²) >= 11 is 0. The fourth-order valence-electron chi connectivity index (χ4n) is 4.14. The minimum absolute atomic E-state index is 0.0115. The van der Waals surface area contributed by atoms with Gasteiger partial charge in [0.2, 0.25) is 5.76 Å². The fourth-order valence-corrected chi connectivity index (χ4v) is 4.14. The van der Waals surface area contributed by atoms with Gasteiger partial charge in [-0.3, -0.25) is 14.5 Å². The Labute approximate surface area is 178 Å². The Balaban J connectivity index is 1.85. The van der Waals surface area contributed by atoms with Crippen LogP contribution in [0.25, 0.3) is 11.0 Å². The maximum Gasteiger partial charge on any atom is 0.296 e. The molecule has 1 aliphatic heterocycles. The molecule has 1 atom stereocenters. The second-order valence-electron chi connectivity index (χ2n) is 7.92. The maximum absolute atomic E-state index is 13.6. The lowest BCUT2D eigenvalue weighted by atomic mass is 9.97. The van der Waals surface area contributed by atoms with Gasteiger partial charge in [0.1, 0.15) is 17.2 Å². The van der Waals surface area contributed by atoms with Crippen LogP contribution in [0, 0.1) is 20.8 Å². The van der Waals surface area contributed by atoms with E-state index in [1.165, 1.54) is 4.90 Å². The third-order valence-corrected chi connectivity index (χ3v) is 5.79. The average Bonchev–Trinajstić information content (AvgIpc) is 3.02. The minimum Gasteiger partial charge on any atom is -0.508 e. The van der Waals surface area contributed by atoms with Crippen molar-refractivity contribution in [1.29, 1.82) is 0 Å². The van der Waals surface area contributed by atoms with E-state index in [1.807, 2.05) is 32.9 Å². The molecule has 0 aliphatic carbocycles. The van der Waals surface area contributed by atoms with E-state index in [0.717, 1.165) is 16.8 Å². The highest BCUT2D eigenvalue weighted by molar-refractivity contribution is 6.10. The molecule has 4 aromatic rings. The van der Waals surface area contributed by atoms with Crippen LogP contribution in [-0.2, 0) is 0 Å². The molecule has 1 unspecified atom stereocenters. The van der Waals surface area contributed by atoms with Crippen LogP contribution in [0.1, 0.15) is 44.5 Å². The molecule has 0 fully saturated rings. The van der Waals surface area contributed by atoms with E-state index in [-0.39, 0.29) is 22.5 Å². The summed E-state index contributed by atoms with van der Waals surface area (Å²) in [6, 6.07) is 14.8. The van der Waals surface area contributed by atoms with Gasteiger partial charge in [-0.2, -0.15) is 0 Å². The van der Waals surface area contributed by atoms with Gasteiger partial charge >= 0.3 is 0 Å². The molecule has 6 heteroatoms. The number of carbonyl (C=O) groups excluding carboxylic acids is 1. The van der Waals surface area contributed by atoms with E-state index in [4.69, 9.17) is 4.42 Å². The molecule has 6 nitrogen and oxygen atoms in total. The summed E-state index contributed by atoms with van der Waals surface area (Å²) in [6.45, 7) is 5.70. The average molecular weight is 412 g/mol. The summed E-state index contributed by atoms with van der Waals surface area (Å²) in [4.78, 5) is 33.1. The first kappa shape index (κ1) is 19.1. The number of fused-ring (bicyclic) bond motifs is 2. The smallest absolute Gasteiger partial charge is 0.296 e. The van der Waals surface area contributed by atoms with Crippen molar-refractivity contribution in [2.24, 2.45) is 0 Å². The van der Waals surface area contributed by atoms with Crippen LogP contribution in [0.5, 0.6) is 5.75 Å². The number of aromatic hydroxyl groups is 1. The zero-order chi connectivity index (χ0) is 21.9. The van der Waals surface area contributed by atoms with Gasteiger partial charge in [0.25, 0.3) is 5.91 Å². The van der Waals surface area contributed by atoms with E-state index in [9.17, 15) is 14.7 Å². The van der Waals surface area contributed by atoms with Gasteiger partial charge in [-0.25, -0.2) is 4.98 Å². The largest absolute Gasteiger partial charge is 0.508 e. The molecule has 5 rings (SSSR count). The molecule has 154 valence electrons. The van der Waals surface area contributed by atoms with E-state index in [2.05, 4.69) is 4.98 Å². The number of carbonyl (C=O) groups is 1. The van der Waals surface area contributed by atoms with Crippen LogP contribution in [0.4, 0.5) is 5.82 Å². The van der Waals surface area contributed by atoms with Crippen molar-refractivity contribution in [1.82, 2.24) is 4.98 Å². The van der Waals surface area contributed by atoms with Crippen LogP contribution < -0.4 is 10.3 Å². The van der Waals surface area contributed by atoms with E-state index >= 15 is 0 Å². The Morgan fingerprint density at radius 1 is 0.968 bits per heavy atom. The quantitative estimate of drug-likeness (QED) is 0.521. The molecule has 31 heavy (non-hydrogen) atoms. The number of pyridine rings is 1. The van der Waals surface area contributed by atoms with E-state index in [1.54, 1.807) is 42.5 Å². The molecule has 2 aromatic heterocycles. The van der Waals surface area contributed by atoms with Crippen molar-refractivity contribution in [3.8, 4) is 5.75 Å². The van der Waals surface area contributed by atoms with Crippen LogP contribution in [-0.4, -0.2) is 16.0 Å². The predicted molar refractivity (Wildman–Crippen MR) is 118 cm³/mol. The van der Waals surface area contributed by atoms with Crippen LogP contribution >= 0.6 is 0 Å². The van der Waals surface area contributed by atoms with E-state index < -0.39 is 11.9 Å². The monoisotopic (exact) mass is 412 g/mol. The number of benzene rings is 2. The number of nitrogens with zero attached hydrogens (tertiary/aromatic N) is 2. The summed E-state index contributed by atoms with van der Waals surface area (Å²) in [5.74, 6) is 0.0452. The number of aryl methyl sites for hydroxylation is 3. The first-order valence-corrected chi connectivity index (χ1v) is 9.99. The van der Waals surface area contributed by atoms with Crippen LogP contribution in [0.3, 0.4) is 0 Å². The second-order valence-corrected chi connectivity index (χ2v) is 7.92. The molecule has 1 aliphatic rings. The van der Waals surface area contributed by atoms with Gasteiger partial charge in [-0.1, -0.05) is 18.2 Å². The first-order valence-electron chi connectivity index (χ1n) is 9.99. The highest BCUT2D eigenvalue weighted by Gasteiger charge is 2.44. The van der Waals surface area contributed by atoms with Crippen molar-refractivity contribution in [3.05, 3.63) is 98.5 Å². The van der Waals surface area contributed by atoms with Crippen molar-refractivity contribution in [3.63, 3.8) is 0 Å². The third kappa shape index (κ3) is 2.91. The van der Waals surface area contributed by atoms with Gasteiger partial charge in [-0.15, -0.1) is 0 Å². The maximum atomic E-state index is 13.6. The number of phenolic OH excluding ortho intramolecular Hbond substituents is 1. The van der Waals surface area contributed by atoms with Crippen molar-refractivity contribution in [2.45, 2.75) is 26.8 Å². The Morgan fingerprint density at radius 3 is 2.45 bits per heavy atom. The molecule has 0 radical (unpaired) electrons. The zero-order valence-corrected chi connectivity index (χ0v) is 17.3.